The Hall–Kier alpha value is -0.610. The molecule has 1 N–H and O–H groups in total. The Labute approximate surface area is 86.0 Å². The molecule has 0 heterocycles. The summed E-state index contributed by atoms with van der Waals surface area (Å²) in [4.78, 5) is 11.1. The maximum absolute atomic E-state index is 11.1. The van der Waals surface area contributed by atoms with Crippen LogP contribution in [0.3, 0.4) is 0 Å². The molecule has 4 nitrogen and oxygen atoms in total. The fourth-order valence-electron chi connectivity index (χ4n) is 1.06. The molecule has 0 rings (SSSR count). The van der Waals surface area contributed by atoms with E-state index in [-0.39, 0.29) is 11.9 Å². The third kappa shape index (κ3) is 5.94. The summed E-state index contributed by atoms with van der Waals surface area (Å²) in [6.07, 6.45) is 0.949. The molecule has 84 valence electrons. The number of ether oxygens (including phenoxy) is 2. The molecule has 0 fully saturated rings. The minimum absolute atomic E-state index is 0.0926. The quantitative estimate of drug-likeness (QED) is 0.622. The zero-order valence-electron chi connectivity index (χ0n) is 9.50. The number of carbonyl (C=O) groups excluding carboxylic acids is 1. The predicted molar refractivity (Wildman–Crippen MR) is 55.1 cm³/mol. The lowest BCUT2D eigenvalue weighted by Gasteiger charge is -2.15. The Balaban J connectivity index is 3.55. The molecule has 0 aromatic heterocycles. The average molecular weight is 203 g/mol. The highest BCUT2D eigenvalue weighted by molar-refractivity contribution is 5.72. The van der Waals surface area contributed by atoms with E-state index in [1.165, 1.54) is 7.11 Å². The molecule has 14 heavy (non-hydrogen) atoms. The summed E-state index contributed by atoms with van der Waals surface area (Å²) in [5.74, 6) is -0.263. The summed E-state index contributed by atoms with van der Waals surface area (Å²) in [7, 11) is 3.09. The molecule has 0 aliphatic rings. The number of hydrogen-bond acceptors (Lipinski definition) is 4. The first-order valence-electron chi connectivity index (χ1n) is 4.92. The normalized spacial score (nSPS) is 14.9. The van der Waals surface area contributed by atoms with E-state index >= 15 is 0 Å². The molecule has 0 saturated heterocycles. The molecule has 0 spiro atoms. The summed E-state index contributed by atoms with van der Waals surface area (Å²) < 4.78 is 9.58. The lowest BCUT2D eigenvalue weighted by Crippen LogP contribution is -2.34. The Morgan fingerprint density at radius 2 is 2.00 bits per heavy atom. The van der Waals surface area contributed by atoms with Gasteiger partial charge in [-0.3, -0.25) is 4.79 Å². The van der Waals surface area contributed by atoms with Gasteiger partial charge in [-0.15, -0.1) is 0 Å². The third-order valence-corrected chi connectivity index (χ3v) is 2.13. The molecule has 0 aliphatic carbocycles. The van der Waals surface area contributed by atoms with Gasteiger partial charge in [0.1, 0.15) is 0 Å². The number of nitrogens with one attached hydrogen (secondary N) is 1. The van der Waals surface area contributed by atoms with E-state index in [0.717, 1.165) is 13.0 Å². The van der Waals surface area contributed by atoms with Crippen LogP contribution in [0.5, 0.6) is 0 Å². The van der Waals surface area contributed by atoms with E-state index in [4.69, 9.17) is 4.74 Å². The monoisotopic (exact) mass is 203 g/mol. The average Bonchev–Trinajstić information content (AvgIpc) is 2.21. The van der Waals surface area contributed by atoms with Crippen molar-refractivity contribution in [3.63, 3.8) is 0 Å². The maximum atomic E-state index is 11.1. The van der Waals surface area contributed by atoms with Gasteiger partial charge in [0.2, 0.25) is 0 Å². The molecule has 0 bridgehead atoms. The van der Waals surface area contributed by atoms with Crippen molar-refractivity contribution in [1.82, 2.24) is 5.32 Å². The highest BCUT2D eigenvalue weighted by Gasteiger charge is 2.13. The van der Waals surface area contributed by atoms with Crippen LogP contribution in [0, 0.1) is 5.92 Å². The molecule has 0 saturated carbocycles. The largest absolute Gasteiger partial charge is 0.469 e. The second kappa shape index (κ2) is 7.76. The van der Waals surface area contributed by atoms with Crippen molar-refractivity contribution in [3.05, 3.63) is 0 Å². The Bertz CT molecular complexity index is 161. The molecule has 2 atom stereocenters. The summed E-state index contributed by atoms with van der Waals surface area (Å²) in [6, 6.07) is 0.363. The molecule has 0 aromatic carbocycles. The molecule has 0 aliphatic heterocycles. The van der Waals surface area contributed by atoms with Crippen LogP contribution in [0.4, 0.5) is 0 Å². The first-order valence-corrected chi connectivity index (χ1v) is 4.92. The van der Waals surface area contributed by atoms with E-state index in [2.05, 4.69) is 17.0 Å². The van der Waals surface area contributed by atoms with Crippen molar-refractivity contribution in [2.45, 2.75) is 26.3 Å². The summed E-state index contributed by atoms with van der Waals surface area (Å²) in [5, 5.41) is 3.25. The highest BCUT2D eigenvalue weighted by Crippen LogP contribution is 1.98. The second-order valence-electron chi connectivity index (χ2n) is 3.51. The first-order chi connectivity index (χ1) is 6.61. The zero-order valence-corrected chi connectivity index (χ0v) is 9.50. The Morgan fingerprint density at radius 3 is 2.50 bits per heavy atom. The van der Waals surface area contributed by atoms with Crippen molar-refractivity contribution in [2.75, 3.05) is 27.4 Å². The van der Waals surface area contributed by atoms with E-state index in [1.54, 1.807) is 7.11 Å². The Kier molecular flexibility index (Phi) is 7.42. The van der Waals surface area contributed by atoms with E-state index in [0.29, 0.717) is 12.6 Å². The van der Waals surface area contributed by atoms with Crippen molar-refractivity contribution >= 4 is 5.97 Å². The van der Waals surface area contributed by atoms with Gasteiger partial charge in [-0.1, -0.05) is 6.92 Å². The molecule has 0 amide bonds. The number of carbonyl (C=O) groups is 1. The van der Waals surface area contributed by atoms with Crippen LogP contribution in [0.2, 0.25) is 0 Å². The van der Waals surface area contributed by atoms with Crippen molar-refractivity contribution in [2.24, 2.45) is 5.92 Å². The van der Waals surface area contributed by atoms with Gasteiger partial charge in [0.15, 0.2) is 0 Å². The minimum atomic E-state index is -0.170. The van der Waals surface area contributed by atoms with E-state index < -0.39 is 0 Å². The van der Waals surface area contributed by atoms with Gasteiger partial charge >= 0.3 is 5.97 Å². The number of methoxy groups -OCH3 is 2. The minimum Gasteiger partial charge on any atom is -0.469 e. The van der Waals surface area contributed by atoms with E-state index in [9.17, 15) is 4.79 Å². The van der Waals surface area contributed by atoms with Crippen LogP contribution < -0.4 is 5.32 Å². The molecule has 0 aromatic rings. The van der Waals surface area contributed by atoms with Crippen LogP contribution >= 0.6 is 0 Å². The van der Waals surface area contributed by atoms with Gasteiger partial charge in [0, 0.05) is 26.3 Å². The van der Waals surface area contributed by atoms with Crippen molar-refractivity contribution in [3.8, 4) is 0 Å². The predicted octanol–water partition coefficient (Wildman–Crippen LogP) is 0.810. The zero-order chi connectivity index (χ0) is 11.0. The number of rotatable bonds is 7. The molecular weight excluding hydrogens is 182 g/mol. The number of esters is 1. The van der Waals surface area contributed by atoms with Crippen molar-refractivity contribution < 1.29 is 14.3 Å². The molecule has 0 radical (unpaired) electrons. The number of hydrogen-bond donors (Lipinski definition) is 1. The van der Waals surface area contributed by atoms with Gasteiger partial charge < -0.3 is 14.8 Å². The lowest BCUT2D eigenvalue weighted by atomic mass is 10.1. The topological polar surface area (TPSA) is 47.6 Å². The first kappa shape index (κ1) is 13.4. The van der Waals surface area contributed by atoms with E-state index in [1.807, 2.05) is 6.92 Å². The van der Waals surface area contributed by atoms with Gasteiger partial charge in [0.25, 0.3) is 0 Å². The van der Waals surface area contributed by atoms with Crippen LogP contribution in [0.1, 0.15) is 20.3 Å². The SMILES string of the molecule is COCCC(C)NCC(C)C(=O)OC. The third-order valence-electron chi connectivity index (χ3n) is 2.13. The lowest BCUT2D eigenvalue weighted by molar-refractivity contribution is -0.144. The fraction of sp³-hybridized carbons (Fsp3) is 0.900. The van der Waals surface area contributed by atoms with Crippen LogP contribution in [0.15, 0.2) is 0 Å². The summed E-state index contributed by atoms with van der Waals surface area (Å²) in [5.41, 5.74) is 0. The van der Waals surface area contributed by atoms with Gasteiger partial charge in [0.05, 0.1) is 13.0 Å². The van der Waals surface area contributed by atoms with Gasteiger partial charge in [-0.2, -0.15) is 0 Å². The van der Waals surface area contributed by atoms with Crippen LogP contribution in [-0.4, -0.2) is 39.4 Å². The van der Waals surface area contributed by atoms with Crippen LogP contribution in [0.25, 0.3) is 0 Å². The molecule has 4 heteroatoms. The van der Waals surface area contributed by atoms with Crippen molar-refractivity contribution in [1.29, 1.82) is 0 Å². The van der Waals surface area contributed by atoms with Gasteiger partial charge in [-0.25, -0.2) is 0 Å². The second-order valence-corrected chi connectivity index (χ2v) is 3.51. The Morgan fingerprint density at radius 1 is 1.36 bits per heavy atom. The summed E-state index contributed by atoms with van der Waals surface area (Å²) >= 11 is 0. The molecule has 2 unspecified atom stereocenters. The fourth-order valence-corrected chi connectivity index (χ4v) is 1.06. The summed E-state index contributed by atoms with van der Waals surface area (Å²) in [6.45, 7) is 5.31. The maximum Gasteiger partial charge on any atom is 0.309 e. The van der Waals surface area contributed by atoms with Crippen LogP contribution in [-0.2, 0) is 14.3 Å². The highest BCUT2D eigenvalue weighted by atomic mass is 16.5. The smallest absolute Gasteiger partial charge is 0.309 e. The van der Waals surface area contributed by atoms with Gasteiger partial charge in [-0.05, 0) is 13.3 Å². The standard InChI is InChI=1S/C10H21NO3/c1-8(10(12)14-4)7-11-9(2)5-6-13-3/h8-9,11H,5-7H2,1-4H3. The molecular formula is C10H21NO3.